The van der Waals surface area contributed by atoms with Gasteiger partial charge in [-0.05, 0) is 17.7 Å². The van der Waals surface area contributed by atoms with Crippen molar-refractivity contribution < 1.29 is 22.4 Å². The molecule has 1 aliphatic rings. The summed E-state index contributed by atoms with van der Waals surface area (Å²) in [6.07, 6.45) is -3.50. The normalized spacial score (nSPS) is 14.9. The fourth-order valence-corrected chi connectivity index (χ4v) is 4.09. The van der Waals surface area contributed by atoms with Gasteiger partial charge in [0, 0.05) is 44.1 Å². The number of hydrogen-bond donors (Lipinski definition) is 0. The number of carbonyl (C=O) groups is 1. The zero-order valence-corrected chi connectivity index (χ0v) is 17.1. The monoisotopic (exact) mass is 452 g/mol. The second-order valence-corrected chi connectivity index (χ2v) is 7.58. The number of nitrogens with zero attached hydrogens (tertiary/aromatic N) is 4. The van der Waals surface area contributed by atoms with Crippen LogP contribution in [0, 0.1) is 5.82 Å². The molecule has 162 valence electrons. The molecule has 0 unspecified atom stereocenters. The number of anilines is 1. The van der Waals surface area contributed by atoms with Crippen molar-refractivity contribution in [1.82, 2.24) is 14.9 Å². The summed E-state index contributed by atoms with van der Waals surface area (Å²) in [6.45, 7) is 3.40. The first-order valence-corrected chi connectivity index (χ1v) is 9.86. The average molecular weight is 453 g/mol. The maximum Gasteiger partial charge on any atom is 0.417 e. The number of halogens is 5. The molecule has 0 atom stereocenters. The Kier molecular flexibility index (Phi) is 5.47. The van der Waals surface area contributed by atoms with Gasteiger partial charge < -0.3 is 9.80 Å². The topological polar surface area (TPSA) is 49.3 Å². The summed E-state index contributed by atoms with van der Waals surface area (Å²) in [5.74, 6) is -0.552. The molecule has 1 aliphatic heterocycles. The zero-order valence-electron chi connectivity index (χ0n) is 16.4. The van der Waals surface area contributed by atoms with Crippen LogP contribution in [0.1, 0.15) is 12.5 Å². The second kappa shape index (κ2) is 7.96. The molecule has 0 saturated carbocycles. The first-order valence-electron chi connectivity index (χ1n) is 9.48. The fraction of sp³-hybridized carbons (Fsp3) is 0.286. The van der Waals surface area contributed by atoms with Crippen molar-refractivity contribution in [3.05, 3.63) is 53.1 Å². The van der Waals surface area contributed by atoms with Crippen molar-refractivity contribution in [1.29, 1.82) is 0 Å². The molecule has 1 aromatic heterocycles. The Bertz CT molecular complexity index is 1160. The van der Waals surface area contributed by atoms with Crippen LogP contribution >= 0.6 is 11.6 Å². The minimum atomic E-state index is -4.67. The highest BCUT2D eigenvalue weighted by molar-refractivity contribution is 6.34. The number of rotatable bonds is 2. The summed E-state index contributed by atoms with van der Waals surface area (Å²) in [5.41, 5.74) is -1.80. The van der Waals surface area contributed by atoms with Crippen LogP contribution in [0.25, 0.3) is 22.0 Å². The van der Waals surface area contributed by atoms with E-state index in [0.29, 0.717) is 37.4 Å². The maximum atomic E-state index is 15.5. The number of carbonyl (C=O) groups excluding carboxylic acids is 1. The lowest BCUT2D eigenvalue weighted by atomic mass is 9.97. The van der Waals surface area contributed by atoms with Gasteiger partial charge in [0.15, 0.2) is 5.82 Å². The first-order chi connectivity index (χ1) is 14.7. The van der Waals surface area contributed by atoms with E-state index in [1.54, 1.807) is 4.90 Å². The maximum absolute atomic E-state index is 15.5. The van der Waals surface area contributed by atoms with Crippen LogP contribution in [0.15, 0.2) is 36.7 Å². The Morgan fingerprint density at radius 2 is 1.77 bits per heavy atom. The minimum absolute atomic E-state index is 0.0331. The number of hydrogen-bond acceptors (Lipinski definition) is 4. The second-order valence-electron chi connectivity index (χ2n) is 7.18. The van der Waals surface area contributed by atoms with Gasteiger partial charge in [-0.3, -0.25) is 4.79 Å². The van der Waals surface area contributed by atoms with Gasteiger partial charge >= 0.3 is 6.18 Å². The highest BCUT2D eigenvalue weighted by Gasteiger charge is 2.35. The van der Waals surface area contributed by atoms with E-state index in [0.717, 1.165) is 6.07 Å². The predicted octanol–water partition coefficient (Wildman–Crippen LogP) is 4.78. The zero-order chi connectivity index (χ0) is 22.3. The standard InChI is InChI=1S/C21H17ClF4N4O/c1-12(31)29-6-8-30(9-7-29)20-14-10-16(22)17(18(23)19(14)27-11-28-20)13-4-2-3-5-15(13)21(24,25)26/h2-5,10-11H,6-9H2,1H3. The van der Waals surface area contributed by atoms with Crippen LogP contribution in [0.3, 0.4) is 0 Å². The van der Waals surface area contributed by atoms with Gasteiger partial charge in [0.1, 0.15) is 17.7 Å². The molecule has 5 nitrogen and oxygen atoms in total. The summed E-state index contributed by atoms with van der Waals surface area (Å²) in [7, 11) is 0. The van der Waals surface area contributed by atoms with E-state index in [-0.39, 0.29) is 27.6 Å². The molecule has 4 rings (SSSR count). The van der Waals surface area contributed by atoms with Crippen molar-refractivity contribution in [3.63, 3.8) is 0 Å². The van der Waals surface area contributed by atoms with E-state index in [1.807, 2.05) is 4.90 Å². The van der Waals surface area contributed by atoms with Gasteiger partial charge in [0.05, 0.1) is 10.6 Å². The van der Waals surface area contributed by atoms with Gasteiger partial charge in [-0.25, -0.2) is 14.4 Å². The van der Waals surface area contributed by atoms with E-state index in [4.69, 9.17) is 11.6 Å². The molecule has 0 bridgehead atoms. The van der Waals surface area contributed by atoms with Gasteiger partial charge in [0.2, 0.25) is 5.91 Å². The van der Waals surface area contributed by atoms with Crippen molar-refractivity contribution >= 4 is 34.2 Å². The molecule has 1 saturated heterocycles. The smallest absolute Gasteiger partial charge is 0.352 e. The number of piperazine rings is 1. The highest BCUT2D eigenvalue weighted by atomic mass is 35.5. The lowest BCUT2D eigenvalue weighted by molar-refractivity contribution is -0.137. The van der Waals surface area contributed by atoms with Gasteiger partial charge in [0.25, 0.3) is 0 Å². The number of benzene rings is 2. The van der Waals surface area contributed by atoms with Gasteiger partial charge in [-0.1, -0.05) is 29.8 Å². The Morgan fingerprint density at radius 3 is 2.42 bits per heavy atom. The molecule has 0 N–H and O–H groups in total. The van der Waals surface area contributed by atoms with E-state index in [9.17, 15) is 18.0 Å². The van der Waals surface area contributed by atoms with Crippen LogP contribution in [-0.4, -0.2) is 47.0 Å². The molecule has 2 heterocycles. The number of amides is 1. The molecular formula is C21H17ClF4N4O. The molecule has 3 aromatic rings. The molecule has 0 radical (unpaired) electrons. The third kappa shape index (κ3) is 3.89. The first kappa shape index (κ1) is 21.3. The fourth-order valence-electron chi connectivity index (χ4n) is 3.80. The molecule has 1 fully saturated rings. The van der Waals surface area contributed by atoms with Crippen molar-refractivity contribution in [2.24, 2.45) is 0 Å². The van der Waals surface area contributed by atoms with Gasteiger partial charge in [-0.2, -0.15) is 13.2 Å². The minimum Gasteiger partial charge on any atom is -0.352 e. The van der Waals surface area contributed by atoms with E-state index in [1.165, 1.54) is 37.5 Å². The summed E-state index contributed by atoms with van der Waals surface area (Å²) in [4.78, 5) is 23.3. The Hall–Kier alpha value is -2.94. The summed E-state index contributed by atoms with van der Waals surface area (Å²) >= 11 is 6.31. The molecule has 2 aromatic carbocycles. The largest absolute Gasteiger partial charge is 0.417 e. The molecule has 0 aliphatic carbocycles. The van der Waals surface area contributed by atoms with E-state index in [2.05, 4.69) is 9.97 Å². The third-order valence-electron chi connectivity index (χ3n) is 5.33. The quantitative estimate of drug-likeness (QED) is 0.525. The summed E-state index contributed by atoms with van der Waals surface area (Å²) < 4.78 is 55.9. The van der Waals surface area contributed by atoms with Crippen LogP contribution in [-0.2, 0) is 11.0 Å². The van der Waals surface area contributed by atoms with Gasteiger partial charge in [-0.15, -0.1) is 0 Å². The van der Waals surface area contributed by atoms with Crippen molar-refractivity contribution in [2.45, 2.75) is 13.1 Å². The Morgan fingerprint density at radius 1 is 1.10 bits per heavy atom. The molecule has 10 heteroatoms. The number of fused-ring (bicyclic) bond motifs is 1. The van der Waals surface area contributed by atoms with Crippen LogP contribution in [0.2, 0.25) is 5.02 Å². The van der Waals surface area contributed by atoms with Crippen LogP contribution < -0.4 is 4.90 Å². The predicted molar refractivity (Wildman–Crippen MR) is 109 cm³/mol. The molecular weight excluding hydrogens is 436 g/mol. The molecule has 0 spiro atoms. The number of aromatic nitrogens is 2. The SMILES string of the molecule is CC(=O)N1CCN(c2ncnc3c(F)c(-c4ccccc4C(F)(F)F)c(Cl)cc23)CC1. The lowest BCUT2D eigenvalue weighted by Crippen LogP contribution is -2.48. The van der Waals surface area contributed by atoms with E-state index >= 15 is 4.39 Å². The summed E-state index contributed by atoms with van der Waals surface area (Å²) in [5, 5.41) is 0.134. The van der Waals surface area contributed by atoms with E-state index < -0.39 is 17.6 Å². The summed E-state index contributed by atoms with van der Waals surface area (Å²) in [6, 6.07) is 6.09. The number of alkyl halides is 3. The Labute approximate surface area is 180 Å². The molecule has 1 amide bonds. The highest BCUT2D eigenvalue weighted by Crippen LogP contribution is 2.43. The van der Waals surface area contributed by atoms with Crippen LogP contribution in [0.4, 0.5) is 23.4 Å². The van der Waals surface area contributed by atoms with Crippen molar-refractivity contribution in [2.75, 3.05) is 31.1 Å². The van der Waals surface area contributed by atoms with Crippen molar-refractivity contribution in [3.8, 4) is 11.1 Å². The lowest BCUT2D eigenvalue weighted by Gasteiger charge is -2.35. The molecule has 31 heavy (non-hydrogen) atoms. The Balaban J connectivity index is 1.83. The third-order valence-corrected chi connectivity index (χ3v) is 5.62. The average Bonchev–Trinajstić information content (AvgIpc) is 2.73. The van der Waals surface area contributed by atoms with Crippen LogP contribution in [0.5, 0.6) is 0 Å².